The number of imidazole rings is 1. The average Bonchev–Trinajstić information content (AvgIpc) is 2.88. The number of nitrogens with one attached hydrogen (secondary N) is 3. The van der Waals surface area contributed by atoms with Gasteiger partial charge in [-0.1, -0.05) is 6.07 Å². The second-order valence-corrected chi connectivity index (χ2v) is 3.65. The summed E-state index contributed by atoms with van der Waals surface area (Å²) in [7, 11) is 0. The Labute approximate surface area is 112 Å². The van der Waals surface area contributed by atoms with Gasteiger partial charge < -0.3 is 15.6 Å². The van der Waals surface area contributed by atoms with Crippen LogP contribution in [0.4, 0.5) is 17.2 Å². The van der Waals surface area contributed by atoms with Crippen LogP contribution in [0.25, 0.3) is 0 Å². The summed E-state index contributed by atoms with van der Waals surface area (Å²) in [6.45, 7) is 0. The Balaban J connectivity index is 2.19. The first-order valence-electron chi connectivity index (χ1n) is 5.41. The fraction of sp³-hybridized carbons (Fsp3) is 0. The average molecular weight is 275 g/mol. The lowest BCUT2D eigenvalue weighted by Gasteiger charge is -2.04. The maximum atomic E-state index is 11.9. The van der Waals surface area contributed by atoms with Gasteiger partial charge >= 0.3 is 0 Å². The predicted octanol–water partition coefficient (Wildman–Crippen LogP) is 1.14. The van der Waals surface area contributed by atoms with Gasteiger partial charge in [-0.3, -0.25) is 19.7 Å². The highest BCUT2D eigenvalue weighted by Crippen LogP contribution is 2.18. The smallest absolute Gasteiger partial charge is 0.275 e. The Morgan fingerprint density at radius 2 is 2.25 bits per heavy atom. The van der Waals surface area contributed by atoms with E-state index in [4.69, 9.17) is 0 Å². The van der Waals surface area contributed by atoms with Crippen LogP contribution in [0, 0.1) is 10.1 Å². The van der Waals surface area contributed by atoms with Crippen molar-refractivity contribution in [2.24, 2.45) is 0 Å². The van der Waals surface area contributed by atoms with E-state index in [9.17, 15) is 19.7 Å². The van der Waals surface area contributed by atoms with Crippen LogP contribution in [0.3, 0.4) is 0 Å². The van der Waals surface area contributed by atoms with Crippen molar-refractivity contribution in [1.29, 1.82) is 0 Å². The number of hydrogen-bond donors (Lipinski definition) is 3. The van der Waals surface area contributed by atoms with Gasteiger partial charge in [0, 0.05) is 17.8 Å². The molecule has 0 spiro atoms. The van der Waals surface area contributed by atoms with Gasteiger partial charge in [0.15, 0.2) is 5.82 Å². The third-order valence-corrected chi connectivity index (χ3v) is 2.38. The normalized spacial score (nSPS) is 9.80. The van der Waals surface area contributed by atoms with Crippen LogP contribution in [0.5, 0.6) is 0 Å². The van der Waals surface area contributed by atoms with Gasteiger partial charge in [0.05, 0.1) is 11.3 Å². The van der Waals surface area contributed by atoms with Crippen molar-refractivity contribution in [1.82, 2.24) is 9.97 Å². The molecule has 9 heteroatoms. The van der Waals surface area contributed by atoms with Crippen molar-refractivity contribution in [3.8, 4) is 0 Å². The Hall–Kier alpha value is -3.23. The molecule has 0 radical (unpaired) electrons. The van der Waals surface area contributed by atoms with Crippen LogP contribution in [0.15, 0.2) is 30.6 Å². The van der Waals surface area contributed by atoms with Crippen LogP contribution in [-0.2, 0) is 4.79 Å². The molecule has 9 nitrogen and oxygen atoms in total. The molecule has 1 aromatic heterocycles. The molecule has 0 bridgehead atoms. The van der Waals surface area contributed by atoms with Crippen molar-refractivity contribution in [2.45, 2.75) is 0 Å². The van der Waals surface area contributed by atoms with Crippen LogP contribution in [0.1, 0.15) is 10.5 Å². The number of hydrogen-bond acceptors (Lipinski definition) is 5. The number of nitro groups is 1. The number of aromatic amines is 1. The fourth-order valence-electron chi connectivity index (χ4n) is 1.52. The lowest BCUT2D eigenvalue weighted by molar-refractivity contribution is -0.384. The Morgan fingerprint density at radius 1 is 1.45 bits per heavy atom. The first-order chi connectivity index (χ1) is 9.61. The Kier molecular flexibility index (Phi) is 3.70. The molecule has 20 heavy (non-hydrogen) atoms. The summed E-state index contributed by atoms with van der Waals surface area (Å²) >= 11 is 0. The molecule has 3 N–H and O–H groups in total. The largest absolute Gasteiger partial charge is 0.339 e. The van der Waals surface area contributed by atoms with Crippen LogP contribution >= 0.6 is 0 Å². The third-order valence-electron chi connectivity index (χ3n) is 2.38. The molecule has 2 rings (SSSR count). The number of nitro benzene ring substituents is 1. The first kappa shape index (κ1) is 13.2. The van der Waals surface area contributed by atoms with Gasteiger partial charge in [0.2, 0.25) is 6.41 Å². The molecule has 1 aromatic carbocycles. The van der Waals surface area contributed by atoms with Gasteiger partial charge in [-0.15, -0.1) is 0 Å². The number of carbonyl (C=O) groups is 2. The van der Waals surface area contributed by atoms with Crippen molar-refractivity contribution >= 4 is 29.5 Å². The maximum Gasteiger partial charge on any atom is 0.275 e. The minimum atomic E-state index is -0.577. The summed E-state index contributed by atoms with van der Waals surface area (Å²) in [5.74, 6) is -0.504. The molecule has 0 aliphatic rings. The van der Waals surface area contributed by atoms with Gasteiger partial charge in [-0.2, -0.15) is 0 Å². The van der Waals surface area contributed by atoms with E-state index < -0.39 is 10.8 Å². The number of benzene rings is 1. The van der Waals surface area contributed by atoms with Gasteiger partial charge in [0.25, 0.3) is 11.6 Å². The highest BCUT2D eigenvalue weighted by Gasteiger charge is 2.15. The summed E-state index contributed by atoms with van der Waals surface area (Å²) in [6.07, 6.45) is 1.63. The standard InChI is InChI=1S/C11H9N5O4/c17-6-14-10-9(12-5-13-10)11(18)15-7-2-1-3-8(4-7)16(19)20/h1-6H,(H,12,13)(H,14,17)(H,15,18). The first-order valence-corrected chi connectivity index (χ1v) is 5.41. The molecular weight excluding hydrogens is 266 g/mol. The van der Waals surface area contributed by atoms with E-state index in [1.165, 1.54) is 30.6 Å². The molecular formula is C11H9N5O4. The van der Waals surface area contributed by atoms with E-state index in [-0.39, 0.29) is 22.9 Å². The van der Waals surface area contributed by atoms with Crippen LogP contribution in [-0.4, -0.2) is 27.2 Å². The molecule has 0 fully saturated rings. The highest BCUT2D eigenvalue weighted by molar-refractivity contribution is 6.07. The van der Waals surface area contributed by atoms with E-state index in [1.54, 1.807) is 0 Å². The van der Waals surface area contributed by atoms with Gasteiger partial charge in [-0.25, -0.2) is 4.98 Å². The lowest BCUT2D eigenvalue weighted by atomic mass is 10.2. The van der Waals surface area contributed by atoms with Crippen LogP contribution in [0.2, 0.25) is 0 Å². The summed E-state index contributed by atoms with van der Waals surface area (Å²) in [4.78, 5) is 38.7. The van der Waals surface area contributed by atoms with Gasteiger partial charge in [-0.05, 0) is 6.07 Å². The van der Waals surface area contributed by atoms with Crippen molar-refractivity contribution < 1.29 is 14.5 Å². The SMILES string of the molecule is O=CNc1nc[nH]c1C(=O)Nc1cccc([N+](=O)[O-])c1. The molecule has 2 amide bonds. The molecule has 102 valence electrons. The molecule has 0 aliphatic heterocycles. The molecule has 0 atom stereocenters. The molecule has 0 saturated carbocycles. The number of carbonyl (C=O) groups excluding carboxylic acids is 2. The summed E-state index contributed by atoms with van der Waals surface area (Å²) in [6, 6.07) is 5.49. The zero-order chi connectivity index (χ0) is 14.5. The number of amides is 2. The Morgan fingerprint density at radius 3 is 2.95 bits per heavy atom. The molecule has 0 unspecified atom stereocenters. The van der Waals surface area contributed by atoms with E-state index in [0.29, 0.717) is 6.41 Å². The van der Waals surface area contributed by atoms with E-state index in [1.807, 2.05) is 0 Å². The molecule has 2 aromatic rings. The topological polar surface area (TPSA) is 130 Å². The zero-order valence-corrected chi connectivity index (χ0v) is 9.99. The maximum absolute atomic E-state index is 11.9. The van der Waals surface area contributed by atoms with E-state index >= 15 is 0 Å². The minimum absolute atomic E-state index is 0.0450. The number of rotatable bonds is 5. The quantitative estimate of drug-likeness (QED) is 0.428. The van der Waals surface area contributed by atoms with Crippen LogP contribution < -0.4 is 10.6 Å². The van der Waals surface area contributed by atoms with E-state index in [2.05, 4.69) is 20.6 Å². The fourth-order valence-corrected chi connectivity index (χ4v) is 1.52. The second kappa shape index (κ2) is 5.61. The second-order valence-electron chi connectivity index (χ2n) is 3.65. The number of nitrogens with zero attached hydrogens (tertiary/aromatic N) is 2. The minimum Gasteiger partial charge on any atom is -0.339 e. The molecule has 1 heterocycles. The van der Waals surface area contributed by atoms with Crippen molar-refractivity contribution in [2.75, 3.05) is 10.6 Å². The third kappa shape index (κ3) is 2.77. The number of aromatic nitrogens is 2. The number of non-ortho nitro benzene ring substituents is 1. The number of H-pyrrole nitrogens is 1. The lowest BCUT2D eigenvalue weighted by Crippen LogP contribution is -2.14. The molecule has 0 aliphatic carbocycles. The summed E-state index contributed by atoms with van der Waals surface area (Å²) < 4.78 is 0. The van der Waals surface area contributed by atoms with E-state index in [0.717, 1.165) is 0 Å². The molecule has 0 saturated heterocycles. The zero-order valence-electron chi connectivity index (χ0n) is 9.99. The van der Waals surface area contributed by atoms with Crippen molar-refractivity contribution in [3.63, 3.8) is 0 Å². The Bertz CT molecular complexity index is 666. The number of anilines is 2. The monoisotopic (exact) mass is 275 g/mol. The predicted molar refractivity (Wildman–Crippen MR) is 69.3 cm³/mol. The summed E-state index contributed by atoms with van der Waals surface area (Å²) in [5, 5.41) is 15.4. The van der Waals surface area contributed by atoms with Crippen molar-refractivity contribution in [3.05, 3.63) is 46.4 Å². The summed E-state index contributed by atoms with van der Waals surface area (Å²) in [5.41, 5.74) is 0.165. The highest BCUT2D eigenvalue weighted by atomic mass is 16.6. The van der Waals surface area contributed by atoms with Gasteiger partial charge in [0.1, 0.15) is 5.69 Å².